The zero-order valence-corrected chi connectivity index (χ0v) is 11.0. The van der Waals surface area contributed by atoms with Crippen LogP contribution in [0.15, 0.2) is 30.9 Å². The Balaban J connectivity index is 2.46. The predicted molar refractivity (Wildman–Crippen MR) is 73.8 cm³/mol. The summed E-state index contributed by atoms with van der Waals surface area (Å²) in [4.78, 5) is 35.2. The zero-order chi connectivity index (χ0) is 14.9. The SMILES string of the molecule is C=CC1CC(=O)N(c2ccc(C(C)=O)cc2[N+](=O)[O-])C1. The Morgan fingerprint density at radius 2 is 2.25 bits per heavy atom. The van der Waals surface area contributed by atoms with E-state index in [0.717, 1.165) is 0 Å². The molecule has 1 amide bonds. The first kappa shape index (κ1) is 13.9. The monoisotopic (exact) mass is 274 g/mol. The molecule has 0 N–H and O–H groups in total. The number of benzene rings is 1. The lowest BCUT2D eigenvalue weighted by Gasteiger charge is -2.16. The molecule has 0 spiro atoms. The second kappa shape index (κ2) is 5.24. The van der Waals surface area contributed by atoms with Crippen LogP contribution >= 0.6 is 0 Å². The Hall–Kier alpha value is -2.50. The van der Waals surface area contributed by atoms with E-state index in [1.54, 1.807) is 6.08 Å². The minimum absolute atomic E-state index is 0.00501. The van der Waals surface area contributed by atoms with Gasteiger partial charge in [0, 0.05) is 30.5 Å². The molecule has 1 aliphatic rings. The van der Waals surface area contributed by atoms with Crippen LogP contribution in [0.5, 0.6) is 0 Å². The van der Waals surface area contributed by atoms with Crippen molar-refractivity contribution in [3.05, 3.63) is 46.5 Å². The van der Waals surface area contributed by atoms with Gasteiger partial charge in [-0.25, -0.2) is 0 Å². The van der Waals surface area contributed by atoms with Gasteiger partial charge in [-0.2, -0.15) is 0 Å². The Bertz CT molecular complexity index is 609. The molecule has 0 aliphatic carbocycles. The van der Waals surface area contributed by atoms with Gasteiger partial charge in [0.25, 0.3) is 5.69 Å². The minimum atomic E-state index is -0.573. The third kappa shape index (κ3) is 2.45. The molecule has 1 atom stereocenters. The predicted octanol–water partition coefficient (Wildman–Crippen LogP) is 2.34. The first-order valence-electron chi connectivity index (χ1n) is 6.16. The molecule has 1 aliphatic heterocycles. The Morgan fingerprint density at radius 1 is 1.55 bits per heavy atom. The third-order valence-electron chi connectivity index (χ3n) is 3.36. The van der Waals surface area contributed by atoms with Gasteiger partial charge in [0.05, 0.1) is 4.92 Å². The van der Waals surface area contributed by atoms with Gasteiger partial charge in [-0.1, -0.05) is 6.08 Å². The first-order chi connectivity index (χ1) is 9.43. The van der Waals surface area contributed by atoms with Crippen molar-refractivity contribution in [3.63, 3.8) is 0 Å². The maximum atomic E-state index is 11.9. The quantitative estimate of drug-likeness (QED) is 0.365. The van der Waals surface area contributed by atoms with E-state index in [0.29, 0.717) is 13.0 Å². The maximum Gasteiger partial charge on any atom is 0.293 e. The van der Waals surface area contributed by atoms with Gasteiger partial charge in [0.1, 0.15) is 5.69 Å². The van der Waals surface area contributed by atoms with Crippen LogP contribution < -0.4 is 4.90 Å². The molecule has 1 unspecified atom stereocenters. The number of nitro groups is 1. The van der Waals surface area contributed by atoms with Crippen molar-refractivity contribution in [2.24, 2.45) is 5.92 Å². The molecular weight excluding hydrogens is 260 g/mol. The average Bonchev–Trinajstić information content (AvgIpc) is 2.79. The molecule has 0 bridgehead atoms. The molecular formula is C14H14N2O4. The van der Waals surface area contributed by atoms with Crippen molar-refractivity contribution in [2.75, 3.05) is 11.4 Å². The molecule has 1 aromatic rings. The highest BCUT2D eigenvalue weighted by molar-refractivity contribution is 6.00. The van der Waals surface area contributed by atoms with Gasteiger partial charge < -0.3 is 4.90 Å². The van der Waals surface area contributed by atoms with Crippen LogP contribution in [-0.2, 0) is 4.79 Å². The van der Waals surface area contributed by atoms with Crippen LogP contribution in [0.3, 0.4) is 0 Å². The lowest BCUT2D eigenvalue weighted by atomic mass is 10.1. The molecule has 104 valence electrons. The van der Waals surface area contributed by atoms with Crippen LogP contribution in [0, 0.1) is 16.0 Å². The third-order valence-corrected chi connectivity index (χ3v) is 3.36. The standard InChI is InChI=1S/C14H14N2O4/c1-3-10-6-14(18)15(8-10)12-5-4-11(9(2)17)7-13(12)16(19)20/h3-5,7,10H,1,6,8H2,2H3. The molecule has 0 radical (unpaired) electrons. The molecule has 20 heavy (non-hydrogen) atoms. The number of amides is 1. The number of carbonyl (C=O) groups excluding carboxylic acids is 2. The van der Waals surface area contributed by atoms with Crippen molar-refractivity contribution < 1.29 is 14.5 Å². The van der Waals surface area contributed by atoms with Gasteiger partial charge in [-0.3, -0.25) is 19.7 Å². The second-order valence-corrected chi connectivity index (χ2v) is 4.72. The summed E-state index contributed by atoms with van der Waals surface area (Å²) in [7, 11) is 0. The Morgan fingerprint density at radius 3 is 2.75 bits per heavy atom. The summed E-state index contributed by atoms with van der Waals surface area (Å²) in [6.45, 7) is 5.36. The maximum absolute atomic E-state index is 11.9. The highest BCUT2D eigenvalue weighted by Crippen LogP contribution is 2.34. The second-order valence-electron chi connectivity index (χ2n) is 4.72. The molecule has 1 heterocycles. The van der Waals surface area contributed by atoms with Gasteiger partial charge in [-0.15, -0.1) is 6.58 Å². The van der Waals surface area contributed by atoms with E-state index >= 15 is 0 Å². The zero-order valence-electron chi connectivity index (χ0n) is 11.0. The topological polar surface area (TPSA) is 80.5 Å². The smallest absolute Gasteiger partial charge is 0.293 e. The van der Waals surface area contributed by atoms with E-state index in [-0.39, 0.29) is 34.5 Å². The number of rotatable bonds is 4. The average molecular weight is 274 g/mol. The van der Waals surface area contributed by atoms with Gasteiger partial charge in [-0.05, 0) is 19.1 Å². The number of anilines is 1. The molecule has 6 heteroatoms. The lowest BCUT2D eigenvalue weighted by molar-refractivity contribution is -0.384. The highest BCUT2D eigenvalue weighted by atomic mass is 16.6. The number of nitrogens with zero attached hydrogens (tertiary/aromatic N) is 2. The molecule has 1 saturated heterocycles. The van der Waals surface area contributed by atoms with Crippen molar-refractivity contribution >= 4 is 23.1 Å². The van der Waals surface area contributed by atoms with Crippen LogP contribution in [0.1, 0.15) is 23.7 Å². The van der Waals surface area contributed by atoms with Crippen LogP contribution in [0.4, 0.5) is 11.4 Å². The minimum Gasteiger partial charge on any atom is -0.306 e. The fourth-order valence-electron chi connectivity index (χ4n) is 2.24. The van der Waals surface area contributed by atoms with E-state index in [1.807, 2.05) is 0 Å². The van der Waals surface area contributed by atoms with Crippen molar-refractivity contribution in [3.8, 4) is 0 Å². The van der Waals surface area contributed by atoms with Crippen LogP contribution in [0.2, 0.25) is 0 Å². The molecule has 0 aromatic heterocycles. The summed E-state index contributed by atoms with van der Waals surface area (Å²) in [6, 6.07) is 4.17. The summed E-state index contributed by atoms with van der Waals surface area (Å²) in [5.74, 6) is -0.431. The van der Waals surface area contributed by atoms with E-state index in [9.17, 15) is 19.7 Å². The molecule has 0 saturated carbocycles. The van der Waals surface area contributed by atoms with Crippen LogP contribution in [-0.4, -0.2) is 23.2 Å². The molecule has 1 aromatic carbocycles. The number of ketones is 1. The molecule has 2 rings (SSSR count). The lowest BCUT2D eigenvalue weighted by Crippen LogP contribution is -2.25. The fraction of sp³-hybridized carbons (Fsp3) is 0.286. The van der Waals surface area contributed by atoms with Crippen molar-refractivity contribution in [2.45, 2.75) is 13.3 Å². The van der Waals surface area contributed by atoms with Gasteiger partial charge >= 0.3 is 0 Å². The normalized spacial score (nSPS) is 18.1. The summed E-state index contributed by atoms with van der Waals surface area (Å²) in [5, 5.41) is 11.1. The van der Waals surface area contributed by atoms with Gasteiger partial charge in [0.15, 0.2) is 5.78 Å². The van der Waals surface area contributed by atoms with E-state index in [2.05, 4.69) is 6.58 Å². The molecule has 6 nitrogen and oxygen atoms in total. The van der Waals surface area contributed by atoms with E-state index in [4.69, 9.17) is 0 Å². The summed E-state index contributed by atoms with van der Waals surface area (Å²) >= 11 is 0. The Labute approximate surface area is 115 Å². The Kier molecular flexibility index (Phi) is 3.65. The highest BCUT2D eigenvalue weighted by Gasteiger charge is 2.33. The van der Waals surface area contributed by atoms with Gasteiger partial charge in [0.2, 0.25) is 5.91 Å². The summed E-state index contributed by atoms with van der Waals surface area (Å²) in [5.41, 5.74) is 0.262. The van der Waals surface area contributed by atoms with Crippen molar-refractivity contribution in [1.29, 1.82) is 0 Å². The number of carbonyl (C=O) groups is 2. The summed E-state index contributed by atoms with van der Waals surface area (Å²) < 4.78 is 0. The first-order valence-corrected chi connectivity index (χ1v) is 6.16. The summed E-state index contributed by atoms with van der Waals surface area (Å²) in [6.07, 6.45) is 1.97. The number of hydrogen-bond donors (Lipinski definition) is 0. The number of nitro benzene ring substituents is 1. The van der Waals surface area contributed by atoms with Crippen LogP contribution in [0.25, 0.3) is 0 Å². The number of Topliss-reactive ketones (excluding diaryl/α,β-unsaturated/α-hetero) is 1. The van der Waals surface area contributed by atoms with Crippen molar-refractivity contribution in [1.82, 2.24) is 0 Å². The largest absolute Gasteiger partial charge is 0.306 e. The van der Waals surface area contributed by atoms with E-state index < -0.39 is 4.92 Å². The molecule has 1 fully saturated rings. The van der Waals surface area contributed by atoms with E-state index in [1.165, 1.54) is 30.0 Å². The number of hydrogen-bond acceptors (Lipinski definition) is 4. The fourth-order valence-corrected chi connectivity index (χ4v) is 2.24.